The third kappa shape index (κ3) is 3.22. The Balaban J connectivity index is 2.00. The first kappa shape index (κ1) is 14.7. The van der Waals surface area contributed by atoms with Gasteiger partial charge in [-0.15, -0.1) is 0 Å². The summed E-state index contributed by atoms with van der Waals surface area (Å²) in [6.07, 6.45) is 1.80. The highest BCUT2D eigenvalue weighted by molar-refractivity contribution is 5.78. The molecule has 0 fully saturated rings. The van der Waals surface area contributed by atoms with Crippen molar-refractivity contribution in [2.45, 2.75) is 26.3 Å². The van der Waals surface area contributed by atoms with Crippen LogP contribution < -0.4 is 15.2 Å². The highest BCUT2D eigenvalue weighted by Crippen LogP contribution is 2.32. The molecular formula is C15H22N2O3. The van der Waals surface area contributed by atoms with E-state index in [1.165, 1.54) is 0 Å². The zero-order valence-corrected chi connectivity index (χ0v) is 12.1. The van der Waals surface area contributed by atoms with Gasteiger partial charge < -0.3 is 20.1 Å². The van der Waals surface area contributed by atoms with Crippen LogP contribution in [-0.4, -0.2) is 31.2 Å². The Morgan fingerprint density at radius 1 is 1.40 bits per heavy atom. The van der Waals surface area contributed by atoms with E-state index in [0.29, 0.717) is 13.1 Å². The van der Waals surface area contributed by atoms with E-state index in [0.717, 1.165) is 29.9 Å². The molecule has 0 aromatic heterocycles. The molecule has 0 spiro atoms. The summed E-state index contributed by atoms with van der Waals surface area (Å²) in [6.45, 7) is 3.28. The standard InChI is InChI=1S/C15H22N2O3/c1-3-4-12(8-16)15(18)17(2)9-11-5-6-13-14(7-11)20-10-19-13/h5-7,12H,3-4,8-10,16H2,1-2H3. The second kappa shape index (κ2) is 6.61. The smallest absolute Gasteiger partial charge is 0.231 e. The van der Waals surface area contributed by atoms with E-state index >= 15 is 0 Å². The first-order valence-corrected chi connectivity index (χ1v) is 6.99. The SMILES string of the molecule is CCCC(CN)C(=O)N(C)Cc1ccc2c(c1)OCO2. The minimum atomic E-state index is -0.0842. The Morgan fingerprint density at radius 3 is 2.85 bits per heavy atom. The fourth-order valence-electron chi connectivity index (χ4n) is 2.39. The number of hydrogen-bond donors (Lipinski definition) is 1. The molecule has 0 aliphatic carbocycles. The van der Waals surface area contributed by atoms with Crippen molar-refractivity contribution in [2.75, 3.05) is 20.4 Å². The fourth-order valence-corrected chi connectivity index (χ4v) is 2.39. The van der Waals surface area contributed by atoms with Crippen LogP contribution >= 0.6 is 0 Å². The summed E-state index contributed by atoms with van der Waals surface area (Å²) < 4.78 is 10.6. The summed E-state index contributed by atoms with van der Waals surface area (Å²) in [5.74, 6) is 1.52. The van der Waals surface area contributed by atoms with Crippen molar-refractivity contribution < 1.29 is 14.3 Å². The second-order valence-corrected chi connectivity index (χ2v) is 5.10. The number of rotatable bonds is 6. The molecule has 1 aromatic carbocycles. The van der Waals surface area contributed by atoms with E-state index < -0.39 is 0 Å². The van der Waals surface area contributed by atoms with Crippen molar-refractivity contribution >= 4 is 5.91 Å². The van der Waals surface area contributed by atoms with E-state index in [-0.39, 0.29) is 18.6 Å². The van der Waals surface area contributed by atoms with Crippen LogP contribution in [0, 0.1) is 5.92 Å². The number of hydrogen-bond acceptors (Lipinski definition) is 4. The fraction of sp³-hybridized carbons (Fsp3) is 0.533. The molecule has 5 nitrogen and oxygen atoms in total. The molecule has 1 unspecified atom stereocenters. The number of nitrogens with two attached hydrogens (primary N) is 1. The highest BCUT2D eigenvalue weighted by atomic mass is 16.7. The van der Waals surface area contributed by atoms with Crippen molar-refractivity contribution in [1.29, 1.82) is 0 Å². The van der Waals surface area contributed by atoms with Gasteiger partial charge in [0.25, 0.3) is 0 Å². The number of ether oxygens (including phenoxy) is 2. The summed E-state index contributed by atoms with van der Waals surface area (Å²) in [5, 5.41) is 0. The van der Waals surface area contributed by atoms with Crippen molar-refractivity contribution in [3.63, 3.8) is 0 Å². The molecule has 20 heavy (non-hydrogen) atoms. The first-order chi connectivity index (χ1) is 9.65. The minimum Gasteiger partial charge on any atom is -0.454 e. The normalized spacial score (nSPS) is 14.2. The van der Waals surface area contributed by atoms with Crippen molar-refractivity contribution in [3.8, 4) is 11.5 Å². The third-order valence-corrected chi connectivity index (χ3v) is 3.50. The molecule has 0 saturated carbocycles. The largest absolute Gasteiger partial charge is 0.454 e. The number of carbonyl (C=O) groups is 1. The minimum absolute atomic E-state index is 0.0842. The van der Waals surface area contributed by atoms with Crippen LogP contribution in [0.3, 0.4) is 0 Å². The van der Waals surface area contributed by atoms with Crippen LogP contribution in [-0.2, 0) is 11.3 Å². The molecule has 1 amide bonds. The van der Waals surface area contributed by atoms with Crippen LogP contribution in [0.2, 0.25) is 0 Å². The zero-order valence-electron chi connectivity index (χ0n) is 12.1. The monoisotopic (exact) mass is 278 g/mol. The lowest BCUT2D eigenvalue weighted by Gasteiger charge is -2.22. The van der Waals surface area contributed by atoms with Crippen LogP contribution in [0.15, 0.2) is 18.2 Å². The predicted molar refractivity (Wildman–Crippen MR) is 76.5 cm³/mol. The molecule has 1 aromatic rings. The van der Waals surface area contributed by atoms with Gasteiger partial charge in [0.05, 0.1) is 5.92 Å². The maximum atomic E-state index is 12.3. The Labute approximate surface area is 119 Å². The molecule has 1 aliphatic heterocycles. The Bertz CT molecular complexity index is 476. The van der Waals surface area contributed by atoms with Gasteiger partial charge >= 0.3 is 0 Å². The molecule has 0 radical (unpaired) electrons. The second-order valence-electron chi connectivity index (χ2n) is 5.10. The summed E-state index contributed by atoms with van der Waals surface area (Å²) >= 11 is 0. The molecule has 0 bridgehead atoms. The number of benzene rings is 1. The molecule has 1 heterocycles. The van der Waals surface area contributed by atoms with Gasteiger partial charge in [0.2, 0.25) is 12.7 Å². The Hall–Kier alpha value is -1.75. The average Bonchev–Trinajstić information content (AvgIpc) is 2.91. The topological polar surface area (TPSA) is 64.8 Å². The van der Waals surface area contributed by atoms with Gasteiger partial charge in [-0.1, -0.05) is 19.4 Å². The van der Waals surface area contributed by atoms with Crippen molar-refractivity contribution in [3.05, 3.63) is 23.8 Å². The first-order valence-electron chi connectivity index (χ1n) is 6.99. The van der Waals surface area contributed by atoms with Gasteiger partial charge in [-0.2, -0.15) is 0 Å². The van der Waals surface area contributed by atoms with E-state index in [2.05, 4.69) is 6.92 Å². The van der Waals surface area contributed by atoms with Crippen molar-refractivity contribution in [1.82, 2.24) is 4.90 Å². The van der Waals surface area contributed by atoms with Gasteiger partial charge in [-0.05, 0) is 24.1 Å². The van der Waals surface area contributed by atoms with E-state index in [1.54, 1.807) is 4.90 Å². The van der Waals surface area contributed by atoms with Crippen LogP contribution in [0.5, 0.6) is 11.5 Å². The van der Waals surface area contributed by atoms with E-state index in [4.69, 9.17) is 15.2 Å². The lowest BCUT2D eigenvalue weighted by Crippen LogP contribution is -2.36. The maximum Gasteiger partial charge on any atom is 0.231 e. The van der Waals surface area contributed by atoms with E-state index in [1.807, 2.05) is 25.2 Å². The molecule has 2 N–H and O–H groups in total. The average molecular weight is 278 g/mol. The van der Waals surface area contributed by atoms with Gasteiger partial charge in [0.1, 0.15) is 0 Å². The Morgan fingerprint density at radius 2 is 2.15 bits per heavy atom. The molecular weight excluding hydrogens is 256 g/mol. The van der Waals surface area contributed by atoms with Gasteiger partial charge in [0, 0.05) is 20.1 Å². The lowest BCUT2D eigenvalue weighted by molar-refractivity contribution is -0.134. The maximum absolute atomic E-state index is 12.3. The highest BCUT2D eigenvalue weighted by Gasteiger charge is 2.21. The third-order valence-electron chi connectivity index (χ3n) is 3.50. The molecule has 2 rings (SSSR count). The summed E-state index contributed by atoms with van der Waals surface area (Å²) in [5.41, 5.74) is 6.71. The van der Waals surface area contributed by atoms with Gasteiger partial charge in [-0.25, -0.2) is 0 Å². The van der Waals surface area contributed by atoms with Crippen molar-refractivity contribution in [2.24, 2.45) is 11.7 Å². The van der Waals surface area contributed by atoms with Crippen LogP contribution in [0.4, 0.5) is 0 Å². The molecule has 1 atom stereocenters. The number of fused-ring (bicyclic) bond motifs is 1. The van der Waals surface area contributed by atoms with Gasteiger partial charge in [-0.3, -0.25) is 4.79 Å². The summed E-state index contributed by atoms with van der Waals surface area (Å²) in [7, 11) is 1.81. The van der Waals surface area contributed by atoms with Crippen LogP contribution in [0.1, 0.15) is 25.3 Å². The van der Waals surface area contributed by atoms with E-state index in [9.17, 15) is 4.79 Å². The summed E-state index contributed by atoms with van der Waals surface area (Å²) in [6, 6.07) is 5.75. The predicted octanol–water partition coefficient (Wildman–Crippen LogP) is 1.75. The number of carbonyl (C=O) groups excluding carboxylic acids is 1. The molecule has 5 heteroatoms. The summed E-state index contributed by atoms with van der Waals surface area (Å²) in [4.78, 5) is 14.0. The number of amides is 1. The van der Waals surface area contributed by atoms with Gasteiger partial charge in [0.15, 0.2) is 11.5 Å². The van der Waals surface area contributed by atoms with Crippen LogP contribution in [0.25, 0.3) is 0 Å². The Kier molecular flexibility index (Phi) is 4.84. The quantitative estimate of drug-likeness (QED) is 0.861. The lowest BCUT2D eigenvalue weighted by atomic mass is 10.0. The molecule has 110 valence electrons. The number of nitrogens with zero attached hydrogens (tertiary/aromatic N) is 1. The molecule has 1 aliphatic rings. The zero-order chi connectivity index (χ0) is 14.5. The molecule has 0 saturated heterocycles.